The molecule has 15 heavy (non-hydrogen) atoms. The molecule has 4 nitrogen and oxygen atoms in total. The summed E-state index contributed by atoms with van der Waals surface area (Å²) in [4.78, 5) is 12.6. The summed E-state index contributed by atoms with van der Waals surface area (Å²) in [5.74, 6) is 0. The van der Waals surface area contributed by atoms with Gasteiger partial charge in [0.25, 0.3) is 0 Å². The number of primary amides is 1. The Labute approximate surface area is 94.0 Å². The Hall–Kier alpha value is -1.26. The Balaban J connectivity index is 2.83. The number of carbonyl (C=O) groups excluding carboxylic acids is 1. The van der Waals surface area contributed by atoms with Crippen molar-refractivity contribution in [3.05, 3.63) is 28.8 Å². The summed E-state index contributed by atoms with van der Waals surface area (Å²) in [7, 11) is 3.93. The van der Waals surface area contributed by atoms with Crippen LogP contribution in [-0.2, 0) is 6.54 Å². The van der Waals surface area contributed by atoms with Crippen molar-refractivity contribution in [3.63, 3.8) is 0 Å². The predicted octanol–water partition coefficient (Wildman–Crippen LogP) is 1.89. The fourth-order valence-electron chi connectivity index (χ4n) is 1.24. The summed E-state index contributed by atoms with van der Waals surface area (Å²) in [5, 5.41) is 3.09. The van der Waals surface area contributed by atoms with Crippen molar-refractivity contribution in [2.75, 3.05) is 19.4 Å². The molecule has 0 aliphatic rings. The van der Waals surface area contributed by atoms with Gasteiger partial charge in [0.05, 0.1) is 0 Å². The van der Waals surface area contributed by atoms with Crippen molar-refractivity contribution in [2.45, 2.75) is 6.54 Å². The molecule has 1 aromatic rings. The number of nitrogens with one attached hydrogen (secondary N) is 1. The maximum atomic E-state index is 10.6. The number of rotatable bonds is 3. The van der Waals surface area contributed by atoms with Crippen LogP contribution in [0.3, 0.4) is 0 Å². The van der Waals surface area contributed by atoms with E-state index in [1.807, 2.05) is 25.1 Å². The highest BCUT2D eigenvalue weighted by molar-refractivity contribution is 6.31. The van der Waals surface area contributed by atoms with E-state index in [0.717, 1.165) is 12.1 Å². The first-order valence-corrected chi connectivity index (χ1v) is 4.86. The molecule has 0 aliphatic heterocycles. The number of carbonyl (C=O) groups is 1. The fourth-order valence-corrected chi connectivity index (χ4v) is 1.48. The minimum absolute atomic E-state index is 0.591. The normalized spacial score (nSPS) is 10.4. The Morgan fingerprint density at radius 3 is 2.67 bits per heavy atom. The standard InChI is InChI=1S/C10H14ClN3O/c1-14(2)6-7-3-4-8(5-9(7)11)13-10(12)15/h3-5H,6H2,1-2H3,(H3,12,13,15). The van der Waals surface area contributed by atoms with E-state index in [9.17, 15) is 4.79 Å². The minimum atomic E-state index is -0.591. The number of hydrogen-bond acceptors (Lipinski definition) is 2. The summed E-state index contributed by atoms with van der Waals surface area (Å²) in [5.41, 5.74) is 6.61. The third kappa shape index (κ3) is 3.77. The second kappa shape index (κ2) is 5.00. The van der Waals surface area contributed by atoms with Crippen LogP contribution in [0, 0.1) is 0 Å². The van der Waals surface area contributed by atoms with Gasteiger partial charge in [0.1, 0.15) is 0 Å². The SMILES string of the molecule is CN(C)Cc1ccc(NC(N)=O)cc1Cl. The highest BCUT2D eigenvalue weighted by atomic mass is 35.5. The van der Waals surface area contributed by atoms with Crippen LogP contribution in [0.1, 0.15) is 5.56 Å². The predicted molar refractivity (Wildman–Crippen MR) is 62.0 cm³/mol. The average molecular weight is 228 g/mol. The molecule has 3 N–H and O–H groups in total. The van der Waals surface area contributed by atoms with Crippen molar-refractivity contribution < 1.29 is 4.79 Å². The quantitative estimate of drug-likeness (QED) is 0.829. The largest absolute Gasteiger partial charge is 0.351 e. The van der Waals surface area contributed by atoms with E-state index in [-0.39, 0.29) is 0 Å². The molecule has 5 heteroatoms. The number of halogens is 1. The van der Waals surface area contributed by atoms with Crippen molar-refractivity contribution in [1.29, 1.82) is 0 Å². The summed E-state index contributed by atoms with van der Waals surface area (Å²) >= 11 is 6.04. The Morgan fingerprint density at radius 1 is 1.53 bits per heavy atom. The smallest absolute Gasteiger partial charge is 0.316 e. The van der Waals surface area contributed by atoms with Gasteiger partial charge < -0.3 is 16.0 Å². The van der Waals surface area contributed by atoms with Crippen molar-refractivity contribution in [3.8, 4) is 0 Å². The zero-order valence-electron chi connectivity index (χ0n) is 8.75. The van der Waals surface area contributed by atoms with Crippen LogP contribution in [0.4, 0.5) is 10.5 Å². The summed E-state index contributed by atoms with van der Waals surface area (Å²) in [6.07, 6.45) is 0. The molecule has 0 spiro atoms. The van der Waals surface area contributed by atoms with E-state index in [2.05, 4.69) is 5.32 Å². The Kier molecular flexibility index (Phi) is 3.94. The first kappa shape index (κ1) is 11.8. The zero-order valence-corrected chi connectivity index (χ0v) is 9.51. The van der Waals surface area contributed by atoms with Gasteiger partial charge in [-0.2, -0.15) is 0 Å². The highest BCUT2D eigenvalue weighted by Crippen LogP contribution is 2.21. The molecule has 0 unspecified atom stereocenters. The van der Waals surface area contributed by atoms with Crippen LogP contribution in [0.25, 0.3) is 0 Å². The third-order valence-corrected chi connectivity index (χ3v) is 2.16. The molecule has 0 atom stereocenters. The molecule has 0 bridgehead atoms. The van der Waals surface area contributed by atoms with Gasteiger partial charge >= 0.3 is 6.03 Å². The molecular formula is C10H14ClN3O. The molecule has 0 fully saturated rings. The molecule has 0 aromatic heterocycles. The molecule has 0 radical (unpaired) electrons. The van der Waals surface area contributed by atoms with Crippen LogP contribution in [0.2, 0.25) is 5.02 Å². The molecule has 82 valence electrons. The Morgan fingerprint density at radius 2 is 2.20 bits per heavy atom. The Bertz CT molecular complexity index is 366. The molecule has 1 aromatic carbocycles. The second-order valence-electron chi connectivity index (χ2n) is 3.53. The lowest BCUT2D eigenvalue weighted by Crippen LogP contribution is -2.19. The number of anilines is 1. The summed E-state index contributed by atoms with van der Waals surface area (Å²) in [6, 6.07) is 4.74. The molecular weight excluding hydrogens is 214 g/mol. The van der Waals surface area contributed by atoms with Crippen LogP contribution >= 0.6 is 11.6 Å². The number of amides is 2. The first-order chi connectivity index (χ1) is 6.99. The number of urea groups is 1. The third-order valence-electron chi connectivity index (χ3n) is 1.81. The van der Waals surface area contributed by atoms with E-state index in [4.69, 9.17) is 17.3 Å². The van der Waals surface area contributed by atoms with E-state index < -0.39 is 6.03 Å². The van der Waals surface area contributed by atoms with Crippen molar-refractivity contribution in [1.82, 2.24) is 4.90 Å². The average Bonchev–Trinajstić information content (AvgIpc) is 2.08. The number of nitrogens with two attached hydrogens (primary N) is 1. The first-order valence-electron chi connectivity index (χ1n) is 4.48. The van der Waals surface area contributed by atoms with Gasteiger partial charge in [-0.15, -0.1) is 0 Å². The van der Waals surface area contributed by atoms with E-state index >= 15 is 0 Å². The number of nitrogens with zero attached hydrogens (tertiary/aromatic N) is 1. The number of hydrogen-bond donors (Lipinski definition) is 2. The van der Waals surface area contributed by atoms with Gasteiger partial charge in [-0.3, -0.25) is 0 Å². The van der Waals surface area contributed by atoms with Crippen LogP contribution in [0.15, 0.2) is 18.2 Å². The maximum absolute atomic E-state index is 10.6. The van der Waals surface area contributed by atoms with Gasteiger partial charge in [0.15, 0.2) is 0 Å². The zero-order chi connectivity index (χ0) is 11.4. The van der Waals surface area contributed by atoms with Gasteiger partial charge in [0, 0.05) is 17.3 Å². The van der Waals surface area contributed by atoms with E-state index in [1.54, 1.807) is 12.1 Å². The van der Waals surface area contributed by atoms with Crippen LogP contribution in [0.5, 0.6) is 0 Å². The van der Waals surface area contributed by atoms with Crippen LogP contribution in [-0.4, -0.2) is 25.0 Å². The van der Waals surface area contributed by atoms with Crippen molar-refractivity contribution in [2.24, 2.45) is 5.73 Å². The topological polar surface area (TPSA) is 58.4 Å². The maximum Gasteiger partial charge on any atom is 0.316 e. The molecule has 0 saturated heterocycles. The molecule has 0 saturated carbocycles. The lowest BCUT2D eigenvalue weighted by atomic mass is 10.2. The summed E-state index contributed by atoms with van der Waals surface area (Å²) < 4.78 is 0. The molecule has 0 heterocycles. The second-order valence-corrected chi connectivity index (χ2v) is 3.94. The summed E-state index contributed by atoms with van der Waals surface area (Å²) in [6.45, 7) is 0.760. The minimum Gasteiger partial charge on any atom is -0.351 e. The lowest BCUT2D eigenvalue weighted by molar-refractivity contribution is 0.259. The van der Waals surface area contributed by atoms with Crippen molar-refractivity contribution >= 4 is 23.3 Å². The highest BCUT2D eigenvalue weighted by Gasteiger charge is 2.04. The monoisotopic (exact) mass is 227 g/mol. The molecule has 0 aliphatic carbocycles. The van der Waals surface area contributed by atoms with E-state index in [0.29, 0.717) is 10.7 Å². The lowest BCUT2D eigenvalue weighted by Gasteiger charge is -2.12. The van der Waals surface area contributed by atoms with Crippen LogP contribution < -0.4 is 11.1 Å². The van der Waals surface area contributed by atoms with E-state index in [1.165, 1.54) is 0 Å². The molecule has 2 amide bonds. The number of benzene rings is 1. The van der Waals surface area contributed by atoms with Gasteiger partial charge in [-0.25, -0.2) is 4.79 Å². The van der Waals surface area contributed by atoms with Gasteiger partial charge in [-0.1, -0.05) is 17.7 Å². The van der Waals surface area contributed by atoms with Gasteiger partial charge in [0.2, 0.25) is 0 Å². The fraction of sp³-hybridized carbons (Fsp3) is 0.300. The van der Waals surface area contributed by atoms with Gasteiger partial charge in [-0.05, 0) is 31.8 Å². The molecule has 1 rings (SSSR count).